The molecule has 0 aromatic heterocycles. The van der Waals surface area contributed by atoms with Crippen LogP contribution in [0.25, 0.3) is 11.1 Å². The van der Waals surface area contributed by atoms with Gasteiger partial charge in [-0.2, -0.15) is 0 Å². The normalized spacial score (nSPS) is 12.7. The third kappa shape index (κ3) is 5.11. The number of ether oxygens (including phenoxy) is 3. The van der Waals surface area contributed by atoms with Crippen LogP contribution in [-0.2, 0) is 20.7 Å². The lowest BCUT2D eigenvalue weighted by Gasteiger charge is -2.19. The van der Waals surface area contributed by atoms with Crippen molar-refractivity contribution in [3.63, 3.8) is 0 Å². The van der Waals surface area contributed by atoms with Gasteiger partial charge < -0.3 is 24.6 Å². The lowest BCUT2D eigenvalue weighted by molar-refractivity contribution is -0.139. The largest absolute Gasteiger partial charge is 0.493 e. The van der Waals surface area contributed by atoms with E-state index in [1.165, 1.54) is 14.0 Å². The van der Waals surface area contributed by atoms with E-state index in [4.69, 9.17) is 14.2 Å². The average molecular weight is 475 g/mol. The molecule has 180 valence electrons. The molecule has 0 bridgehead atoms. The number of carbonyl (C=O) groups is 3. The first-order valence-corrected chi connectivity index (χ1v) is 11.1. The molecule has 0 fully saturated rings. The maximum atomic E-state index is 12.6. The highest BCUT2D eigenvalue weighted by Crippen LogP contribution is 2.44. The molecule has 1 amide bonds. The molecule has 1 aliphatic carbocycles. The monoisotopic (exact) mass is 475 g/mol. The number of alkyl carbamates (subject to hydrolysis) is 1. The number of esters is 1. The smallest absolute Gasteiger partial charge is 0.407 e. The highest BCUT2D eigenvalue weighted by molar-refractivity contribution is 5.81. The minimum absolute atomic E-state index is 0.0596. The molecule has 1 aliphatic rings. The van der Waals surface area contributed by atoms with Gasteiger partial charge in [0.1, 0.15) is 12.6 Å². The van der Waals surface area contributed by atoms with E-state index in [0.717, 1.165) is 22.3 Å². The number of rotatable bonds is 8. The van der Waals surface area contributed by atoms with Gasteiger partial charge in [0.15, 0.2) is 11.5 Å². The predicted octanol–water partition coefficient (Wildman–Crippen LogP) is 4.15. The molecule has 0 saturated carbocycles. The Hall–Kier alpha value is -4.33. The molecule has 8 heteroatoms. The van der Waals surface area contributed by atoms with Gasteiger partial charge in [0, 0.05) is 24.8 Å². The van der Waals surface area contributed by atoms with Gasteiger partial charge in [0.2, 0.25) is 0 Å². The van der Waals surface area contributed by atoms with Crippen molar-refractivity contribution < 1.29 is 33.7 Å². The van der Waals surface area contributed by atoms with Crippen molar-refractivity contribution in [2.45, 2.75) is 25.3 Å². The predicted molar refractivity (Wildman–Crippen MR) is 128 cm³/mol. The second kappa shape index (κ2) is 10.3. The van der Waals surface area contributed by atoms with Gasteiger partial charge in [-0.1, -0.05) is 60.7 Å². The van der Waals surface area contributed by atoms with E-state index in [9.17, 15) is 19.5 Å². The zero-order valence-corrected chi connectivity index (χ0v) is 19.3. The van der Waals surface area contributed by atoms with Crippen LogP contribution in [0, 0.1) is 0 Å². The molecule has 1 unspecified atom stereocenters. The van der Waals surface area contributed by atoms with Crippen molar-refractivity contribution in [2.75, 3.05) is 13.7 Å². The zero-order valence-electron chi connectivity index (χ0n) is 19.3. The number of aliphatic carboxylic acids is 1. The van der Waals surface area contributed by atoms with Crippen molar-refractivity contribution in [2.24, 2.45) is 0 Å². The number of nitrogens with one attached hydrogen (secondary N) is 1. The van der Waals surface area contributed by atoms with E-state index in [2.05, 4.69) is 5.32 Å². The molecule has 8 nitrogen and oxygen atoms in total. The van der Waals surface area contributed by atoms with Crippen LogP contribution in [0.15, 0.2) is 66.7 Å². The molecule has 0 radical (unpaired) electrons. The Bertz CT molecular complexity index is 1220. The molecule has 0 saturated heterocycles. The fraction of sp³-hybridized carbons (Fsp3) is 0.222. The topological polar surface area (TPSA) is 111 Å². The summed E-state index contributed by atoms with van der Waals surface area (Å²) >= 11 is 0. The molecule has 3 aromatic carbocycles. The summed E-state index contributed by atoms with van der Waals surface area (Å²) in [6, 6.07) is 19.4. The summed E-state index contributed by atoms with van der Waals surface area (Å²) in [5, 5.41) is 12.1. The molecule has 2 N–H and O–H groups in total. The first-order chi connectivity index (χ1) is 16.9. The van der Waals surface area contributed by atoms with E-state index in [0.29, 0.717) is 5.56 Å². The standard InChI is InChI=1S/C27H25NO7/c1-16(29)35-25-17(8-7-13-24(25)33-2)14-23(26(30)31)28-27(32)34-15-22-20-11-5-3-9-18(20)19-10-4-6-12-21(19)22/h3-13,22-23H,14-15H2,1-2H3,(H,28,32)(H,30,31). The summed E-state index contributed by atoms with van der Waals surface area (Å²) in [7, 11) is 1.41. The minimum atomic E-state index is -1.31. The third-order valence-corrected chi connectivity index (χ3v) is 5.88. The molecule has 0 heterocycles. The summed E-state index contributed by atoms with van der Waals surface area (Å²) in [6.07, 6.45) is -0.990. The van der Waals surface area contributed by atoms with E-state index in [1.54, 1.807) is 18.2 Å². The second-order valence-corrected chi connectivity index (χ2v) is 8.11. The van der Waals surface area contributed by atoms with Crippen molar-refractivity contribution in [3.05, 3.63) is 83.4 Å². The SMILES string of the molecule is COc1cccc(CC(NC(=O)OCC2c3ccccc3-c3ccccc32)C(=O)O)c1OC(C)=O. The molecule has 3 aromatic rings. The van der Waals surface area contributed by atoms with Crippen molar-refractivity contribution in [1.29, 1.82) is 0 Å². The van der Waals surface area contributed by atoms with Gasteiger partial charge in [-0.05, 0) is 28.3 Å². The first kappa shape index (κ1) is 23.8. The Morgan fingerprint density at radius 3 is 2.14 bits per heavy atom. The second-order valence-electron chi connectivity index (χ2n) is 8.11. The first-order valence-electron chi connectivity index (χ1n) is 11.1. The van der Waals surface area contributed by atoms with Crippen LogP contribution < -0.4 is 14.8 Å². The lowest BCUT2D eigenvalue weighted by Crippen LogP contribution is -2.43. The zero-order chi connectivity index (χ0) is 24.9. The van der Waals surface area contributed by atoms with Crippen LogP contribution in [0.2, 0.25) is 0 Å². The molecule has 4 rings (SSSR count). The summed E-state index contributed by atoms with van der Waals surface area (Å²) in [6.45, 7) is 1.30. The highest BCUT2D eigenvalue weighted by Gasteiger charge is 2.30. The van der Waals surface area contributed by atoms with E-state index in [1.807, 2.05) is 48.5 Å². The Kier molecular flexibility index (Phi) is 7.01. The Balaban J connectivity index is 1.47. The Labute approximate surface area is 202 Å². The van der Waals surface area contributed by atoms with Crippen molar-refractivity contribution in [3.8, 4) is 22.6 Å². The van der Waals surface area contributed by atoms with Gasteiger partial charge >= 0.3 is 18.0 Å². The maximum absolute atomic E-state index is 12.6. The van der Waals surface area contributed by atoms with Gasteiger partial charge in [0.25, 0.3) is 0 Å². The van der Waals surface area contributed by atoms with Gasteiger partial charge in [-0.25, -0.2) is 9.59 Å². The van der Waals surface area contributed by atoms with Crippen molar-refractivity contribution >= 4 is 18.0 Å². The number of hydrogen-bond acceptors (Lipinski definition) is 6. The number of amides is 1. The lowest BCUT2D eigenvalue weighted by atomic mass is 9.98. The summed E-state index contributed by atoms with van der Waals surface area (Å²) in [4.78, 5) is 36.0. The summed E-state index contributed by atoms with van der Waals surface area (Å²) in [5.41, 5.74) is 4.69. The van der Waals surface area contributed by atoms with Crippen LogP contribution in [0.4, 0.5) is 4.79 Å². The third-order valence-electron chi connectivity index (χ3n) is 5.88. The molecule has 0 spiro atoms. The van der Waals surface area contributed by atoms with Gasteiger partial charge in [0.05, 0.1) is 7.11 Å². The maximum Gasteiger partial charge on any atom is 0.407 e. The molecular weight excluding hydrogens is 450 g/mol. The van der Waals surface area contributed by atoms with Crippen LogP contribution >= 0.6 is 0 Å². The fourth-order valence-corrected chi connectivity index (χ4v) is 4.34. The molecule has 1 atom stereocenters. The number of carbonyl (C=O) groups excluding carboxylic acids is 2. The van der Waals surface area contributed by atoms with Crippen LogP contribution in [0.5, 0.6) is 11.5 Å². The quantitative estimate of drug-likeness (QED) is 0.372. The Morgan fingerprint density at radius 2 is 1.57 bits per heavy atom. The Morgan fingerprint density at radius 1 is 0.943 bits per heavy atom. The highest BCUT2D eigenvalue weighted by atomic mass is 16.6. The van der Waals surface area contributed by atoms with E-state index >= 15 is 0 Å². The molecule has 0 aliphatic heterocycles. The number of carboxylic acids is 1. The number of methoxy groups -OCH3 is 1. The number of fused-ring (bicyclic) bond motifs is 3. The van der Waals surface area contributed by atoms with Crippen LogP contribution in [0.1, 0.15) is 29.5 Å². The fourth-order valence-electron chi connectivity index (χ4n) is 4.34. The number of para-hydroxylation sites is 1. The average Bonchev–Trinajstić information content (AvgIpc) is 3.16. The van der Waals surface area contributed by atoms with Gasteiger partial charge in [-0.15, -0.1) is 0 Å². The number of carboxylic acid groups (broad SMARTS) is 1. The molecule has 35 heavy (non-hydrogen) atoms. The minimum Gasteiger partial charge on any atom is -0.493 e. The van der Waals surface area contributed by atoms with Crippen LogP contribution in [0.3, 0.4) is 0 Å². The number of hydrogen-bond donors (Lipinski definition) is 2. The van der Waals surface area contributed by atoms with E-state index < -0.39 is 24.1 Å². The van der Waals surface area contributed by atoms with Gasteiger partial charge in [-0.3, -0.25) is 4.79 Å². The number of benzene rings is 3. The summed E-state index contributed by atoms with van der Waals surface area (Å²) in [5.74, 6) is -1.58. The summed E-state index contributed by atoms with van der Waals surface area (Å²) < 4.78 is 15.9. The van der Waals surface area contributed by atoms with Crippen LogP contribution in [-0.4, -0.2) is 42.9 Å². The molecular formula is C27H25NO7. The van der Waals surface area contributed by atoms with Crippen molar-refractivity contribution in [1.82, 2.24) is 5.32 Å². The van der Waals surface area contributed by atoms with E-state index in [-0.39, 0.29) is 30.4 Å².